The maximum Gasteiger partial charge on any atom is 0.383 e. The number of hydrogen-bond donors (Lipinski definition) is 3. The van der Waals surface area contributed by atoms with Gasteiger partial charge in [-0.25, -0.2) is 0 Å². The van der Waals surface area contributed by atoms with Gasteiger partial charge in [0.15, 0.2) is 0 Å². The number of alkyl halides is 2. The molecule has 0 saturated carbocycles. The normalized spacial score (nSPS) is 12.7. The van der Waals surface area contributed by atoms with Crippen molar-refractivity contribution in [2.75, 3.05) is 6.54 Å². The Balaban J connectivity index is 1.73. The van der Waals surface area contributed by atoms with E-state index >= 15 is 8.78 Å². The van der Waals surface area contributed by atoms with Gasteiger partial charge < -0.3 is 16.0 Å². The highest BCUT2D eigenvalue weighted by atomic mass is 35.5. The van der Waals surface area contributed by atoms with Crippen LogP contribution in [-0.2, 0) is 38.4 Å². The zero-order valence-corrected chi connectivity index (χ0v) is 28.0. The molecule has 0 radical (unpaired) electrons. The van der Waals surface area contributed by atoms with Crippen LogP contribution in [0.25, 0.3) is 0 Å². The van der Waals surface area contributed by atoms with E-state index in [-0.39, 0.29) is 42.3 Å². The van der Waals surface area contributed by atoms with Crippen LogP contribution in [0.2, 0.25) is 20.1 Å². The molecule has 0 fully saturated rings. The van der Waals surface area contributed by atoms with Gasteiger partial charge in [0, 0.05) is 19.4 Å². The van der Waals surface area contributed by atoms with Gasteiger partial charge in [0.1, 0.15) is 6.04 Å². The predicted molar refractivity (Wildman–Crippen MR) is 177 cm³/mol. The summed E-state index contributed by atoms with van der Waals surface area (Å²) in [6.07, 6.45) is 0.401. The summed E-state index contributed by atoms with van der Waals surface area (Å²) < 4.78 is 30.3. The van der Waals surface area contributed by atoms with Crippen LogP contribution >= 0.6 is 46.4 Å². The number of hydrogen-bond acceptors (Lipinski definition) is 4. The van der Waals surface area contributed by atoms with E-state index in [4.69, 9.17) is 46.4 Å². The first-order valence-corrected chi connectivity index (χ1v) is 15.9. The molecule has 3 N–H and O–H groups in total. The van der Waals surface area contributed by atoms with Crippen molar-refractivity contribution in [2.45, 2.75) is 57.5 Å². The second-order valence-corrected chi connectivity index (χ2v) is 12.6. The van der Waals surface area contributed by atoms with E-state index in [9.17, 15) is 19.2 Å². The molecule has 0 aliphatic heterocycles. The highest BCUT2D eigenvalue weighted by molar-refractivity contribution is 6.42. The molecular formula is C33H33Cl4F2N3O4. The molecule has 0 saturated heterocycles. The lowest BCUT2D eigenvalue weighted by molar-refractivity contribution is -0.161. The summed E-state index contributed by atoms with van der Waals surface area (Å²) in [6.45, 7) is 2.79. The van der Waals surface area contributed by atoms with Gasteiger partial charge >= 0.3 is 5.92 Å². The molecule has 13 heteroatoms. The molecule has 46 heavy (non-hydrogen) atoms. The summed E-state index contributed by atoms with van der Waals surface area (Å²) in [6, 6.07) is 15.4. The number of halogens is 6. The molecule has 3 aromatic carbocycles. The summed E-state index contributed by atoms with van der Waals surface area (Å²) in [5.41, 5.74) is 2.05. The van der Waals surface area contributed by atoms with Crippen LogP contribution in [0, 0.1) is 5.92 Å². The number of amides is 3. The number of nitrogens with one attached hydrogen (secondary N) is 3. The fraction of sp³-hybridized carbons (Fsp3) is 0.333. The molecule has 0 aliphatic rings. The number of Topliss-reactive ketones (excluding diaryl/α,β-unsaturated/α-hetero) is 1. The van der Waals surface area contributed by atoms with Crippen molar-refractivity contribution < 1.29 is 28.0 Å². The van der Waals surface area contributed by atoms with Crippen LogP contribution in [0.15, 0.2) is 66.7 Å². The number of ketones is 1. The first kappa shape index (κ1) is 37.2. The second kappa shape index (κ2) is 17.1. The molecule has 0 aliphatic carbocycles. The molecular weight excluding hydrogens is 682 g/mol. The van der Waals surface area contributed by atoms with Gasteiger partial charge in [-0.15, -0.1) is 0 Å². The molecule has 0 spiro atoms. The molecule has 246 valence electrons. The van der Waals surface area contributed by atoms with Crippen LogP contribution in [0.5, 0.6) is 0 Å². The predicted octanol–water partition coefficient (Wildman–Crippen LogP) is 6.66. The minimum Gasteiger partial charge on any atom is -0.350 e. The fourth-order valence-corrected chi connectivity index (χ4v) is 5.14. The Morgan fingerprint density at radius 3 is 1.91 bits per heavy atom. The molecule has 2 unspecified atom stereocenters. The minimum absolute atomic E-state index is 0.0448. The van der Waals surface area contributed by atoms with Crippen molar-refractivity contribution in [2.24, 2.45) is 5.92 Å². The topological polar surface area (TPSA) is 104 Å². The molecule has 7 nitrogen and oxygen atoms in total. The van der Waals surface area contributed by atoms with Crippen molar-refractivity contribution in [1.29, 1.82) is 0 Å². The Hall–Kier alpha value is -3.24. The van der Waals surface area contributed by atoms with Gasteiger partial charge in [-0.1, -0.05) is 103 Å². The molecule has 3 amide bonds. The summed E-state index contributed by atoms with van der Waals surface area (Å²) in [5, 5.41) is 8.23. The third-order valence-corrected chi connectivity index (χ3v) is 8.56. The van der Waals surface area contributed by atoms with Gasteiger partial charge in [0.05, 0.1) is 26.1 Å². The van der Waals surface area contributed by atoms with Crippen LogP contribution in [0.3, 0.4) is 0 Å². The molecule has 0 aromatic heterocycles. The third kappa shape index (κ3) is 10.7. The highest BCUT2D eigenvalue weighted by Crippen LogP contribution is 2.25. The van der Waals surface area contributed by atoms with E-state index in [0.29, 0.717) is 15.6 Å². The van der Waals surface area contributed by atoms with Crippen molar-refractivity contribution in [3.8, 4) is 0 Å². The summed E-state index contributed by atoms with van der Waals surface area (Å²) in [7, 11) is 0. The number of benzene rings is 3. The Bertz CT molecular complexity index is 1560. The molecule has 0 bridgehead atoms. The first-order chi connectivity index (χ1) is 21.7. The van der Waals surface area contributed by atoms with E-state index < -0.39 is 47.4 Å². The van der Waals surface area contributed by atoms with E-state index in [0.717, 1.165) is 11.1 Å². The van der Waals surface area contributed by atoms with Crippen LogP contribution in [0.1, 0.15) is 37.0 Å². The Morgan fingerprint density at radius 2 is 1.33 bits per heavy atom. The van der Waals surface area contributed by atoms with Crippen LogP contribution in [0.4, 0.5) is 8.78 Å². The van der Waals surface area contributed by atoms with Crippen molar-refractivity contribution >= 4 is 69.9 Å². The molecule has 3 rings (SSSR count). The van der Waals surface area contributed by atoms with Crippen molar-refractivity contribution in [1.82, 2.24) is 16.0 Å². The monoisotopic (exact) mass is 713 g/mol. The standard InChI is InChI=1S/C33H33Cl4F2N3O4/c1-19(2)29(30(44)33(38,39)32(46)40-15-14-20-6-4-3-5-7-20)42-31(45)27(18-22-9-12-24(35)26(37)17-22)41-28(43)13-10-21-8-11-23(34)25(36)16-21/h3-9,11-12,16-17,19,27,29H,10,13-15,18H2,1-2H3,(H,40,46)(H,41,43)(H,42,45). The minimum atomic E-state index is -4.43. The van der Waals surface area contributed by atoms with Crippen molar-refractivity contribution in [3.63, 3.8) is 0 Å². The summed E-state index contributed by atoms with van der Waals surface area (Å²) >= 11 is 24.2. The third-order valence-electron chi connectivity index (χ3n) is 7.08. The Labute approximate surface area is 286 Å². The van der Waals surface area contributed by atoms with Gasteiger partial charge in [0.2, 0.25) is 17.6 Å². The zero-order valence-electron chi connectivity index (χ0n) is 25.0. The maximum absolute atomic E-state index is 15.1. The Morgan fingerprint density at radius 1 is 0.739 bits per heavy atom. The van der Waals surface area contributed by atoms with E-state index in [2.05, 4.69) is 16.0 Å². The zero-order chi connectivity index (χ0) is 34.0. The Kier molecular flexibility index (Phi) is 13.8. The lowest BCUT2D eigenvalue weighted by atomic mass is 9.94. The van der Waals surface area contributed by atoms with Gasteiger partial charge in [-0.3, -0.25) is 19.2 Å². The van der Waals surface area contributed by atoms with E-state index in [1.165, 1.54) is 26.0 Å². The highest BCUT2D eigenvalue weighted by Gasteiger charge is 2.51. The van der Waals surface area contributed by atoms with E-state index in [1.807, 2.05) is 0 Å². The smallest absolute Gasteiger partial charge is 0.350 e. The van der Waals surface area contributed by atoms with Gasteiger partial charge in [-0.2, -0.15) is 8.78 Å². The molecule has 2 atom stereocenters. The number of aryl methyl sites for hydroxylation is 1. The quantitative estimate of drug-likeness (QED) is 0.153. The SMILES string of the molecule is CC(C)C(NC(=O)C(Cc1ccc(Cl)c(Cl)c1)NC(=O)CCc1ccc(Cl)c(Cl)c1)C(=O)C(F)(F)C(=O)NCCc1ccccc1. The van der Waals surface area contributed by atoms with Crippen LogP contribution in [-0.4, -0.2) is 48.1 Å². The lowest BCUT2D eigenvalue weighted by Gasteiger charge is -2.27. The second-order valence-electron chi connectivity index (χ2n) is 11.0. The molecule has 0 heterocycles. The average Bonchev–Trinajstić information content (AvgIpc) is 3.01. The van der Waals surface area contributed by atoms with Crippen LogP contribution < -0.4 is 16.0 Å². The summed E-state index contributed by atoms with van der Waals surface area (Å²) in [4.78, 5) is 52.0. The van der Waals surface area contributed by atoms with Gasteiger partial charge in [0.25, 0.3) is 5.91 Å². The molecule has 3 aromatic rings. The maximum atomic E-state index is 15.1. The first-order valence-electron chi connectivity index (χ1n) is 14.4. The van der Waals surface area contributed by atoms with E-state index in [1.54, 1.807) is 54.6 Å². The van der Waals surface area contributed by atoms with Gasteiger partial charge in [-0.05, 0) is 59.7 Å². The average molecular weight is 715 g/mol. The largest absolute Gasteiger partial charge is 0.383 e. The number of rotatable bonds is 15. The lowest BCUT2D eigenvalue weighted by Crippen LogP contribution is -2.59. The summed E-state index contributed by atoms with van der Waals surface area (Å²) in [5.74, 6) is -10.2. The number of carbonyl (C=O) groups is 4. The number of carbonyl (C=O) groups excluding carboxylic acids is 4. The fourth-order valence-electron chi connectivity index (χ4n) is 4.50. The van der Waals surface area contributed by atoms with Crippen molar-refractivity contribution in [3.05, 3.63) is 104 Å².